The molecule has 15 heavy (non-hydrogen) atoms. The Morgan fingerprint density at radius 1 is 1.60 bits per heavy atom. The van der Waals surface area contributed by atoms with Crippen LogP contribution in [-0.4, -0.2) is 34.6 Å². The number of rotatable bonds is 4. The van der Waals surface area contributed by atoms with Crippen molar-refractivity contribution >= 4 is 11.8 Å². The average Bonchev–Trinajstić information content (AvgIpc) is 2.25. The maximum atomic E-state index is 10.8. The Kier molecular flexibility index (Phi) is 3.63. The van der Waals surface area contributed by atoms with E-state index in [1.165, 1.54) is 12.4 Å². The number of carbonyl (C=O) groups is 1. The smallest absolute Gasteiger partial charge is 0.358 e. The van der Waals surface area contributed by atoms with Gasteiger partial charge in [0, 0.05) is 32.4 Å². The fourth-order valence-electron chi connectivity index (χ4n) is 1.10. The molecular formula is C10H11N3O2. The first-order valence-electron chi connectivity index (χ1n) is 4.35. The van der Waals surface area contributed by atoms with Gasteiger partial charge in [-0.15, -0.1) is 12.3 Å². The molecule has 0 radical (unpaired) electrons. The lowest BCUT2D eigenvalue weighted by Crippen LogP contribution is -2.22. The summed E-state index contributed by atoms with van der Waals surface area (Å²) in [5.41, 5.74) is -0.0583. The van der Waals surface area contributed by atoms with Gasteiger partial charge in [0.2, 0.25) is 0 Å². The zero-order valence-corrected chi connectivity index (χ0v) is 8.34. The van der Waals surface area contributed by atoms with Gasteiger partial charge in [-0.2, -0.15) is 0 Å². The zero-order chi connectivity index (χ0) is 11.3. The van der Waals surface area contributed by atoms with Crippen molar-refractivity contribution in [3.8, 4) is 12.3 Å². The van der Waals surface area contributed by atoms with E-state index >= 15 is 0 Å². The Balaban J connectivity index is 2.93. The summed E-state index contributed by atoms with van der Waals surface area (Å²) in [4.78, 5) is 20.2. The van der Waals surface area contributed by atoms with Gasteiger partial charge in [0.25, 0.3) is 0 Å². The summed E-state index contributed by atoms with van der Waals surface area (Å²) in [6.07, 6.45) is 8.46. The molecule has 0 aliphatic rings. The highest BCUT2D eigenvalue weighted by atomic mass is 16.4. The van der Waals surface area contributed by atoms with E-state index < -0.39 is 5.97 Å². The van der Waals surface area contributed by atoms with Crippen molar-refractivity contribution in [1.82, 2.24) is 9.97 Å². The lowest BCUT2D eigenvalue weighted by Gasteiger charge is -2.17. The lowest BCUT2D eigenvalue weighted by molar-refractivity contribution is 0.0691. The molecule has 0 amide bonds. The predicted octanol–water partition coefficient (Wildman–Crippen LogP) is 0.634. The van der Waals surface area contributed by atoms with E-state index in [2.05, 4.69) is 15.9 Å². The maximum Gasteiger partial charge on any atom is 0.358 e. The molecule has 0 unspecified atom stereocenters. The second-order valence-electron chi connectivity index (χ2n) is 2.91. The van der Waals surface area contributed by atoms with Gasteiger partial charge >= 0.3 is 5.97 Å². The van der Waals surface area contributed by atoms with E-state index in [9.17, 15) is 4.79 Å². The molecule has 78 valence electrons. The van der Waals surface area contributed by atoms with E-state index in [1.807, 2.05) is 0 Å². The molecule has 1 rings (SSSR count). The van der Waals surface area contributed by atoms with Crippen LogP contribution in [0.3, 0.4) is 0 Å². The van der Waals surface area contributed by atoms with Crippen molar-refractivity contribution in [2.24, 2.45) is 0 Å². The van der Waals surface area contributed by atoms with Crippen molar-refractivity contribution in [3.63, 3.8) is 0 Å². The standard InChI is InChI=1S/C10H11N3O2/c1-3-4-7-13(2)9-8(10(14)15)11-5-6-12-9/h1,5-6H,4,7H2,2H3,(H,14,15). The maximum absolute atomic E-state index is 10.8. The second kappa shape index (κ2) is 4.96. The fourth-order valence-corrected chi connectivity index (χ4v) is 1.10. The number of carboxylic acids is 1. The Morgan fingerprint density at radius 3 is 2.87 bits per heavy atom. The fraction of sp³-hybridized carbons (Fsp3) is 0.300. The number of hydrogen-bond acceptors (Lipinski definition) is 4. The van der Waals surface area contributed by atoms with Gasteiger partial charge in [-0.1, -0.05) is 0 Å². The third-order valence-electron chi connectivity index (χ3n) is 1.83. The number of terminal acetylenes is 1. The molecule has 1 aromatic rings. The molecular weight excluding hydrogens is 194 g/mol. The van der Waals surface area contributed by atoms with Gasteiger partial charge in [-0.3, -0.25) is 0 Å². The molecule has 5 nitrogen and oxygen atoms in total. The minimum atomic E-state index is -1.09. The Morgan fingerprint density at radius 2 is 2.27 bits per heavy atom. The van der Waals surface area contributed by atoms with E-state index in [-0.39, 0.29) is 5.69 Å². The minimum absolute atomic E-state index is 0.0583. The van der Waals surface area contributed by atoms with Crippen LogP contribution in [0.2, 0.25) is 0 Å². The number of anilines is 1. The van der Waals surface area contributed by atoms with Gasteiger partial charge < -0.3 is 10.0 Å². The summed E-state index contributed by atoms with van der Waals surface area (Å²) in [6, 6.07) is 0. The van der Waals surface area contributed by atoms with Crippen LogP contribution in [-0.2, 0) is 0 Å². The van der Waals surface area contributed by atoms with Crippen molar-refractivity contribution in [2.45, 2.75) is 6.42 Å². The van der Waals surface area contributed by atoms with Gasteiger partial charge in [0.15, 0.2) is 11.5 Å². The van der Waals surface area contributed by atoms with Crippen molar-refractivity contribution in [3.05, 3.63) is 18.1 Å². The molecule has 0 saturated carbocycles. The normalized spacial score (nSPS) is 9.33. The third-order valence-corrected chi connectivity index (χ3v) is 1.83. The van der Waals surface area contributed by atoms with Crippen molar-refractivity contribution in [2.75, 3.05) is 18.5 Å². The largest absolute Gasteiger partial charge is 0.476 e. The van der Waals surface area contributed by atoms with E-state index in [0.717, 1.165) is 0 Å². The van der Waals surface area contributed by atoms with Crippen LogP contribution in [0, 0.1) is 12.3 Å². The van der Waals surface area contributed by atoms with E-state index in [1.54, 1.807) is 11.9 Å². The molecule has 1 aromatic heterocycles. The van der Waals surface area contributed by atoms with Crippen LogP contribution in [0.4, 0.5) is 5.82 Å². The summed E-state index contributed by atoms with van der Waals surface area (Å²) in [7, 11) is 1.73. The summed E-state index contributed by atoms with van der Waals surface area (Å²) in [5, 5.41) is 8.87. The molecule has 5 heteroatoms. The number of carboxylic acid groups (broad SMARTS) is 1. The number of hydrogen-bond donors (Lipinski definition) is 1. The Bertz CT molecular complexity index is 398. The Labute approximate surface area is 87.8 Å². The quantitative estimate of drug-likeness (QED) is 0.730. The Hall–Kier alpha value is -2.09. The molecule has 1 N–H and O–H groups in total. The number of aromatic carboxylic acids is 1. The van der Waals surface area contributed by atoms with Crippen LogP contribution in [0.5, 0.6) is 0 Å². The van der Waals surface area contributed by atoms with Crippen LogP contribution >= 0.6 is 0 Å². The first kappa shape index (κ1) is 11.0. The average molecular weight is 205 g/mol. The SMILES string of the molecule is C#CCCN(C)c1nccnc1C(=O)O. The first-order valence-corrected chi connectivity index (χ1v) is 4.35. The molecule has 1 heterocycles. The summed E-state index contributed by atoms with van der Waals surface area (Å²) < 4.78 is 0. The van der Waals surface area contributed by atoms with Crippen LogP contribution < -0.4 is 4.90 Å². The van der Waals surface area contributed by atoms with Gasteiger partial charge in [-0.05, 0) is 0 Å². The monoisotopic (exact) mass is 205 g/mol. The predicted molar refractivity (Wildman–Crippen MR) is 55.7 cm³/mol. The second-order valence-corrected chi connectivity index (χ2v) is 2.91. The number of nitrogens with zero attached hydrogens (tertiary/aromatic N) is 3. The lowest BCUT2D eigenvalue weighted by atomic mass is 10.3. The van der Waals surface area contributed by atoms with E-state index in [4.69, 9.17) is 11.5 Å². The number of aromatic nitrogens is 2. The molecule has 0 fully saturated rings. The zero-order valence-electron chi connectivity index (χ0n) is 8.34. The topological polar surface area (TPSA) is 66.3 Å². The molecule has 0 aliphatic carbocycles. The highest BCUT2D eigenvalue weighted by Gasteiger charge is 2.15. The van der Waals surface area contributed by atoms with Gasteiger partial charge in [0.1, 0.15) is 0 Å². The van der Waals surface area contributed by atoms with Crippen LogP contribution in [0.1, 0.15) is 16.9 Å². The summed E-state index contributed by atoms with van der Waals surface area (Å²) in [5.74, 6) is 1.72. The molecule has 0 bridgehead atoms. The molecule has 0 saturated heterocycles. The highest BCUT2D eigenvalue weighted by Crippen LogP contribution is 2.12. The molecule has 0 aromatic carbocycles. The minimum Gasteiger partial charge on any atom is -0.476 e. The third kappa shape index (κ3) is 2.68. The van der Waals surface area contributed by atoms with Crippen LogP contribution in [0.15, 0.2) is 12.4 Å². The van der Waals surface area contributed by atoms with Crippen molar-refractivity contribution in [1.29, 1.82) is 0 Å². The van der Waals surface area contributed by atoms with E-state index in [0.29, 0.717) is 18.8 Å². The summed E-state index contributed by atoms with van der Waals surface area (Å²) in [6.45, 7) is 0.551. The molecule has 0 aliphatic heterocycles. The van der Waals surface area contributed by atoms with Crippen molar-refractivity contribution < 1.29 is 9.90 Å². The molecule has 0 spiro atoms. The van der Waals surface area contributed by atoms with Gasteiger partial charge in [0.05, 0.1) is 0 Å². The highest BCUT2D eigenvalue weighted by molar-refractivity contribution is 5.90. The first-order chi connectivity index (χ1) is 7.16. The van der Waals surface area contributed by atoms with Crippen LogP contribution in [0.25, 0.3) is 0 Å². The van der Waals surface area contributed by atoms with Gasteiger partial charge in [-0.25, -0.2) is 14.8 Å². The molecule has 0 atom stereocenters. The summed E-state index contributed by atoms with van der Waals surface area (Å²) >= 11 is 0.